The maximum atomic E-state index is 12.6. The highest BCUT2D eigenvalue weighted by molar-refractivity contribution is 7.47. The summed E-state index contributed by atoms with van der Waals surface area (Å²) in [6, 6.07) is 0. The van der Waals surface area contributed by atoms with E-state index in [2.05, 4.69) is 85.9 Å². The number of carbonyl (C=O) groups is 2. The van der Waals surface area contributed by atoms with E-state index >= 15 is 0 Å². The number of aliphatic hydroxyl groups is 1. The third-order valence-electron chi connectivity index (χ3n) is 8.42. The average molecular weight is 806 g/mol. The first kappa shape index (κ1) is 53.1. The van der Waals surface area contributed by atoms with E-state index in [1.54, 1.807) is 0 Å². The third-order valence-corrected chi connectivity index (χ3v) is 9.40. The van der Waals surface area contributed by atoms with Gasteiger partial charge < -0.3 is 25.2 Å². The van der Waals surface area contributed by atoms with Crippen molar-refractivity contribution in [1.82, 2.24) is 0 Å². The lowest BCUT2D eigenvalue weighted by Gasteiger charge is -2.19. The highest BCUT2D eigenvalue weighted by Crippen LogP contribution is 2.43. The van der Waals surface area contributed by atoms with E-state index in [0.29, 0.717) is 19.3 Å². The number of aliphatic hydroxyl groups excluding tert-OH is 1. The topological polar surface area (TPSA) is 155 Å². The van der Waals surface area contributed by atoms with Crippen LogP contribution in [-0.2, 0) is 32.7 Å². The van der Waals surface area contributed by atoms with Crippen molar-refractivity contribution in [2.45, 2.75) is 161 Å². The zero-order valence-corrected chi connectivity index (χ0v) is 35.6. The summed E-state index contributed by atoms with van der Waals surface area (Å²) in [5, 5.41) is 9.55. The fourth-order valence-electron chi connectivity index (χ4n) is 5.08. The van der Waals surface area contributed by atoms with Gasteiger partial charge in [0.25, 0.3) is 0 Å². The number of esters is 2. The summed E-state index contributed by atoms with van der Waals surface area (Å²) in [5.41, 5.74) is 5.34. The Bertz CT molecular complexity index is 1210. The molecule has 0 aliphatic carbocycles. The lowest BCUT2D eigenvalue weighted by molar-refractivity contribution is -0.161. The summed E-state index contributed by atoms with van der Waals surface area (Å²) >= 11 is 0. The van der Waals surface area contributed by atoms with Gasteiger partial charge in [-0.2, -0.15) is 0 Å². The Kier molecular flexibility index (Phi) is 38.3. The summed E-state index contributed by atoms with van der Waals surface area (Å²) in [7, 11) is -4.41. The number of allylic oxidation sites excluding steroid dienone is 14. The van der Waals surface area contributed by atoms with Crippen LogP contribution in [0, 0.1) is 0 Å². The minimum atomic E-state index is -4.41. The predicted octanol–water partition coefficient (Wildman–Crippen LogP) is 11.0. The molecule has 0 saturated heterocycles. The maximum Gasteiger partial charge on any atom is 0.472 e. The van der Waals surface area contributed by atoms with Gasteiger partial charge in [-0.05, 0) is 96.3 Å². The van der Waals surface area contributed by atoms with Crippen molar-refractivity contribution >= 4 is 19.8 Å². The first-order valence-electron chi connectivity index (χ1n) is 21.1. The molecule has 4 N–H and O–H groups in total. The smallest absolute Gasteiger partial charge is 0.462 e. The largest absolute Gasteiger partial charge is 0.472 e. The quantitative estimate of drug-likeness (QED) is 0.0238. The number of phosphoric ester groups is 1. The van der Waals surface area contributed by atoms with E-state index in [9.17, 15) is 24.2 Å². The molecule has 320 valence electrons. The fraction of sp³-hybridized carbons (Fsp3) is 0.644. The van der Waals surface area contributed by atoms with Gasteiger partial charge in [0, 0.05) is 19.4 Å². The van der Waals surface area contributed by atoms with Crippen LogP contribution in [0.3, 0.4) is 0 Å². The van der Waals surface area contributed by atoms with Crippen molar-refractivity contribution in [3.63, 3.8) is 0 Å². The number of rotatable bonds is 38. The summed E-state index contributed by atoms with van der Waals surface area (Å²) in [5.74, 6) is -0.947. The third kappa shape index (κ3) is 39.4. The zero-order valence-electron chi connectivity index (χ0n) is 34.7. The molecule has 11 heteroatoms. The van der Waals surface area contributed by atoms with Crippen molar-refractivity contribution in [2.24, 2.45) is 5.73 Å². The Balaban J connectivity index is 4.34. The van der Waals surface area contributed by atoms with Crippen LogP contribution in [0.25, 0.3) is 0 Å². The van der Waals surface area contributed by atoms with Crippen molar-refractivity contribution in [2.75, 3.05) is 26.4 Å². The molecule has 0 amide bonds. The Hall–Kier alpha value is -2.85. The second-order valence-corrected chi connectivity index (χ2v) is 15.1. The molecule has 3 atom stereocenters. The van der Waals surface area contributed by atoms with Crippen LogP contribution in [0.4, 0.5) is 0 Å². The van der Waals surface area contributed by atoms with Crippen LogP contribution < -0.4 is 5.73 Å². The molecule has 0 fully saturated rings. The van der Waals surface area contributed by atoms with Crippen LogP contribution in [0.15, 0.2) is 85.1 Å². The van der Waals surface area contributed by atoms with Gasteiger partial charge in [-0.3, -0.25) is 18.6 Å². The molecular formula is C45H76NO9P. The molecule has 0 aliphatic rings. The molecule has 56 heavy (non-hydrogen) atoms. The Morgan fingerprint density at radius 2 is 1.09 bits per heavy atom. The van der Waals surface area contributed by atoms with E-state index in [4.69, 9.17) is 24.3 Å². The van der Waals surface area contributed by atoms with Crippen molar-refractivity contribution in [1.29, 1.82) is 0 Å². The molecule has 0 aromatic rings. The molecule has 1 unspecified atom stereocenters. The van der Waals surface area contributed by atoms with Gasteiger partial charge >= 0.3 is 19.8 Å². The normalized spacial score (nSPS) is 14.7. The molecule has 0 rings (SSSR count). The Labute approximate surface area is 339 Å². The lowest BCUT2D eigenvalue weighted by Crippen LogP contribution is -2.29. The predicted molar refractivity (Wildman–Crippen MR) is 230 cm³/mol. The average Bonchev–Trinajstić information content (AvgIpc) is 3.18. The summed E-state index contributed by atoms with van der Waals surface area (Å²) < 4.78 is 32.6. The van der Waals surface area contributed by atoms with Gasteiger partial charge in [-0.1, -0.05) is 125 Å². The van der Waals surface area contributed by atoms with Gasteiger partial charge in [0.2, 0.25) is 0 Å². The number of nitrogens with two attached hydrogens (primary N) is 1. The molecule has 10 nitrogen and oxygen atoms in total. The van der Waals surface area contributed by atoms with E-state index < -0.39 is 32.5 Å². The van der Waals surface area contributed by atoms with Crippen molar-refractivity contribution in [3.8, 4) is 0 Å². The molecule has 0 spiro atoms. The minimum Gasteiger partial charge on any atom is -0.462 e. The minimum absolute atomic E-state index is 0.0322. The van der Waals surface area contributed by atoms with E-state index in [-0.39, 0.29) is 38.7 Å². The number of phosphoric acid groups is 1. The highest BCUT2D eigenvalue weighted by atomic mass is 31.2. The summed E-state index contributed by atoms with van der Waals surface area (Å²) in [6.07, 6.45) is 47.0. The number of ether oxygens (including phenoxy) is 2. The van der Waals surface area contributed by atoms with Gasteiger partial charge in [-0.25, -0.2) is 4.57 Å². The molecular weight excluding hydrogens is 729 g/mol. The number of hydrogen-bond acceptors (Lipinski definition) is 9. The highest BCUT2D eigenvalue weighted by Gasteiger charge is 2.25. The monoisotopic (exact) mass is 806 g/mol. The van der Waals surface area contributed by atoms with Gasteiger partial charge in [-0.15, -0.1) is 0 Å². The van der Waals surface area contributed by atoms with Crippen LogP contribution >= 0.6 is 7.82 Å². The Morgan fingerprint density at radius 3 is 1.62 bits per heavy atom. The molecule has 0 aromatic carbocycles. The van der Waals surface area contributed by atoms with Crippen LogP contribution in [0.5, 0.6) is 0 Å². The SMILES string of the molecule is CCCCC/C=C\C/C=C\C/C=C\CCCCCCC(=O)O[C@H](COC(=O)CCC/C=C\C/C=C\C/C=C\C/C=C\CC[C@@H](O)CC)COP(=O)(O)OCCN. The van der Waals surface area contributed by atoms with E-state index in [1.165, 1.54) is 25.7 Å². The van der Waals surface area contributed by atoms with Gasteiger partial charge in [0.05, 0.1) is 19.3 Å². The lowest BCUT2D eigenvalue weighted by atomic mass is 10.1. The van der Waals surface area contributed by atoms with Gasteiger partial charge in [0.1, 0.15) is 6.61 Å². The summed E-state index contributed by atoms with van der Waals surface area (Å²) in [4.78, 5) is 34.8. The van der Waals surface area contributed by atoms with Crippen LogP contribution in [0.1, 0.15) is 149 Å². The van der Waals surface area contributed by atoms with Crippen molar-refractivity contribution in [3.05, 3.63) is 85.1 Å². The number of carbonyl (C=O) groups excluding carboxylic acids is 2. The van der Waals surface area contributed by atoms with Crippen LogP contribution in [0.2, 0.25) is 0 Å². The second kappa shape index (κ2) is 40.4. The van der Waals surface area contributed by atoms with E-state index in [0.717, 1.165) is 77.0 Å². The Morgan fingerprint density at radius 1 is 0.607 bits per heavy atom. The van der Waals surface area contributed by atoms with E-state index in [1.807, 2.05) is 13.0 Å². The zero-order chi connectivity index (χ0) is 41.2. The molecule has 0 aliphatic heterocycles. The number of unbranched alkanes of at least 4 members (excludes halogenated alkanes) is 8. The van der Waals surface area contributed by atoms with Crippen molar-refractivity contribution < 1.29 is 42.7 Å². The summed E-state index contributed by atoms with van der Waals surface area (Å²) in [6.45, 7) is 3.30. The molecule has 0 bridgehead atoms. The first-order chi connectivity index (χ1) is 27.2. The molecule has 0 radical (unpaired) electrons. The fourth-order valence-corrected chi connectivity index (χ4v) is 5.85. The molecule has 0 aromatic heterocycles. The molecule has 0 saturated carbocycles. The standard InChI is InChI=1S/C45H76NO9P/c1-3-5-6-7-8-9-10-11-12-13-14-19-22-25-28-31-34-37-45(49)55-43(41-54-56(50,51)53-39-38-46)40-52-44(48)36-33-30-27-24-21-18-16-15-17-20-23-26-29-32-35-42(47)4-2/h8-9,11-12,14,16-20,24,26-27,29,42-43,47H,3-7,10,13,15,21-23,25,28,30-41,46H2,1-2H3,(H,50,51)/b9-8-,12-11-,18-16-,19-14-,20-17-,27-24-,29-26-/t42-,43+/m0/s1. The first-order valence-corrected chi connectivity index (χ1v) is 22.6. The van der Waals surface area contributed by atoms with Crippen LogP contribution in [-0.4, -0.2) is 60.5 Å². The molecule has 0 heterocycles. The number of hydrogen-bond donors (Lipinski definition) is 3. The maximum absolute atomic E-state index is 12.6. The van der Waals surface area contributed by atoms with Gasteiger partial charge in [0.15, 0.2) is 6.10 Å². The second-order valence-electron chi connectivity index (χ2n) is 13.6.